The van der Waals surface area contributed by atoms with Crippen LogP contribution in [0, 0.1) is 6.92 Å². The van der Waals surface area contributed by atoms with Crippen LogP contribution >= 0.6 is 0 Å². The molecule has 22 heavy (non-hydrogen) atoms. The monoisotopic (exact) mass is 294 g/mol. The Labute approximate surface area is 125 Å². The molecule has 0 aliphatic rings. The molecule has 4 aromatic rings. The van der Waals surface area contributed by atoms with Crippen molar-refractivity contribution in [3.8, 4) is 0 Å². The zero-order chi connectivity index (χ0) is 15.3. The Hall–Kier alpha value is -2.96. The predicted molar refractivity (Wildman–Crippen MR) is 82.3 cm³/mol. The van der Waals surface area contributed by atoms with Crippen molar-refractivity contribution in [2.45, 2.75) is 13.3 Å². The van der Waals surface area contributed by atoms with E-state index in [9.17, 15) is 0 Å². The van der Waals surface area contributed by atoms with E-state index in [-0.39, 0.29) is 0 Å². The van der Waals surface area contributed by atoms with Crippen LogP contribution in [0.2, 0.25) is 0 Å². The van der Waals surface area contributed by atoms with Crippen molar-refractivity contribution >= 4 is 27.8 Å². The number of hydrogen-bond acceptors (Lipinski definition) is 6. The molecule has 0 saturated heterocycles. The van der Waals surface area contributed by atoms with E-state index in [1.54, 1.807) is 0 Å². The minimum atomic E-state index is 0.443. The lowest BCUT2D eigenvalue weighted by Crippen LogP contribution is -2.03. The molecule has 0 amide bonds. The van der Waals surface area contributed by atoms with Gasteiger partial charge in [0.25, 0.3) is 0 Å². The van der Waals surface area contributed by atoms with E-state index in [0.29, 0.717) is 23.3 Å². The highest BCUT2D eigenvalue weighted by Crippen LogP contribution is 2.28. The summed E-state index contributed by atoms with van der Waals surface area (Å²) in [5.74, 6) is 0. The number of nitrogens with two attached hydrogens (primary N) is 1. The van der Waals surface area contributed by atoms with Crippen LogP contribution in [0.25, 0.3) is 22.1 Å². The minimum absolute atomic E-state index is 0.443. The number of hydrogen-bond donors (Lipinski definition) is 1. The molecule has 0 atom stereocenters. The second-order valence-corrected chi connectivity index (χ2v) is 5.32. The van der Waals surface area contributed by atoms with E-state index in [0.717, 1.165) is 27.7 Å². The molecule has 3 heterocycles. The third-order valence-electron chi connectivity index (χ3n) is 4.01. The van der Waals surface area contributed by atoms with Crippen molar-refractivity contribution in [1.82, 2.24) is 25.1 Å². The Balaban J connectivity index is 1.89. The number of nitrogen functional groups attached to an aromatic ring is 1. The average molecular weight is 294 g/mol. The summed E-state index contributed by atoms with van der Waals surface area (Å²) in [5.41, 5.74) is 11.8. The van der Waals surface area contributed by atoms with Gasteiger partial charge in [-0.15, -0.1) is 0 Å². The summed E-state index contributed by atoms with van der Waals surface area (Å²) < 4.78 is 6.58. The van der Waals surface area contributed by atoms with Crippen molar-refractivity contribution in [2.75, 3.05) is 5.73 Å². The Morgan fingerprint density at radius 3 is 3.00 bits per heavy atom. The summed E-state index contributed by atoms with van der Waals surface area (Å²) in [6.07, 6.45) is 2.54. The number of rotatable bonds is 2. The molecule has 0 fully saturated rings. The van der Waals surface area contributed by atoms with Gasteiger partial charge in [-0.05, 0) is 28.9 Å². The SMILES string of the molecule is Cc1nc2nonc2c(N)c1Cc1cccc2c1cnn2C. The zero-order valence-corrected chi connectivity index (χ0v) is 12.2. The number of fused-ring (bicyclic) bond motifs is 2. The summed E-state index contributed by atoms with van der Waals surface area (Å²) in [6, 6.07) is 6.15. The molecule has 0 unspecified atom stereocenters. The van der Waals surface area contributed by atoms with Gasteiger partial charge in [-0.25, -0.2) is 9.61 Å². The molecule has 1 aromatic carbocycles. The van der Waals surface area contributed by atoms with Crippen molar-refractivity contribution in [3.05, 3.63) is 41.2 Å². The van der Waals surface area contributed by atoms with Gasteiger partial charge in [0.15, 0.2) is 5.52 Å². The van der Waals surface area contributed by atoms with E-state index in [2.05, 4.69) is 26.5 Å². The van der Waals surface area contributed by atoms with Gasteiger partial charge in [-0.3, -0.25) is 4.68 Å². The molecule has 0 aliphatic carbocycles. The summed E-state index contributed by atoms with van der Waals surface area (Å²) in [5, 5.41) is 13.0. The van der Waals surface area contributed by atoms with E-state index >= 15 is 0 Å². The molecular weight excluding hydrogens is 280 g/mol. The predicted octanol–water partition coefficient (Wildman–Crippen LogP) is 1.99. The minimum Gasteiger partial charge on any atom is -0.396 e. The van der Waals surface area contributed by atoms with Crippen LogP contribution in [0.1, 0.15) is 16.8 Å². The smallest absolute Gasteiger partial charge is 0.226 e. The van der Waals surface area contributed by atoms with Crippen molar-refractivity contribution in [1.29, 1.82) is 0 Å². The third-order valence-corrected chi connectivity index (χ3v) is 4.01. The van der Waals surface area contributed by atoms with Gasteiger partial charge in [0.2, 0.25) is 5.65 Å². The first-order chi connectivity index (χ1) is 10.6. The highest BCUT2D eigenvalue weighted by Gasteiger charge is 2.16. The fourth-order valence-corrected chi connectivity index (χ4v) is 2.80. The normalized spacial score (nSPS) is 11.5. The first-order valence-electron chi connectivity index (χ1n) is 6.92. The Bertz CT molecular complexity index is 1000. The molecule has 0 saturated carbocycles. The second-order valence-electron chi connectivity index (χ2n) is 5.32. The maximum absolute atomic E-state index is 6.24. The van der Waals surface area contributed by atoms with Crippen molar-refractivity contribution in [2.24, 2.45) is 7.05 Å². The highest BCUT2D eigenvalue weighted by atomic mass is 16.6. The van der Waals surface area contributed by atoms with Gasteiger partial charge in [-0.1, -0.05) is 12.1 Å². The number of anilines is 1. The molecule has 0 bridgehead atoms. The molecule has 2 N–H and O–H groups in total. The molecular formula is C15H14N6O. The van der Waals surface area contributed by atoms with Crippen LogP contribution in [0.5, 0.6) is 0 Å². The molecule has 7 heteroatoms. The Kier molecular flexibility index (Phi) is 2.62. The molecule has 0 spiro atoms. The van der Waals surface area contributed by atoms with E-state index in [1.807, 2.05) is 37.0 Å². The maximum atomic E-state index is 6.24. The molecule has 0 radical (unpaired) electrons. The standard InChI is InChI=1S/C15H14N6O/c1-8-10(13(16)14-15(18-8)20-22-19-14)6-9-4-3-5-12-11(9)7-17-21(12)2/h3-5,7H,6,16H2,1-2H3. The van der Waals surface area contributed by atoms with Crippen LogP contribution in [-0.2, 0) is 13.5 Å². The molecule has 4 rings (SSSR count). The van der Waals surface area contributed by atoms with Crippen molar-refractivity contribution in [3.63, 3.8) is 0 Å². The molecule has 0 aliphatic heterocycles. The lowest BCUT2D eigenvalue weighted by atomic mass is 9.99. The van der Waals surface area contributed by atoms with Gasteiger partial charge in [0.1, 0.15) is 0 Å². The lowest BCUT2D eigenvalue weighted by molar-refractivity contribution is 0.315. The van der Waals surface area contributed by atoms with Crippen LogP contribution in [0.15, 0.2) is 29.0 Å². The van der Waals surface area contributed by atoms with Gasteiger partial charge in [-0.2, -0.15) is 5.10 Å². The average Bonchev–Trinajstić information content (AvgIpc) is 3.11. The van der Waals surface area contributed by atoms with Crippen LogP contribution in [0.4, 0.5) is 5.69 Å². The summed E-state index contributed by atoms with van der Waals surface area (Å²) in [7, 11) is 1.93. The fraction of sp³-hybridized carbons (Fsp3) is 0.200. The fourth-order valence-electron chi connectivity index (χ4n) is 2.80. The lowest BCUT2D eigenvalue weighted by Gasteiger charge is -2.09. The Morgan fingerprint density at radius 1 is 1.27 bits per heavy atom. The van der Waals surface area contributed by atoms with Crippen molar-refractivity contribution < 1.29 is 4.63 Å². The van der Waals surface area contributed by atoms with E-state index in [1.165, 1.54) is 0 Å². The van der Waals surface area contributed by atoms with Gasteiger partial charge < -0.3 is 5.73 Å². The summed E-state index contributed by atoms with van der Waals surface area (Å²) in [6.45, 7) is 1.92. The quantitative estimate of drug-likeness (QED) is 0.607. The van der Waals surface area contributed by atoms with Crippen LogP contribution in [-0.4, -0.2) is 25.1 Å². The largest absolute Gasteiger partial charge is 0.396 e. The van der Waals surface area contributed by atoms with E-state index in [4.69, 9.17) is 10.4 Å². The topological polar surface area (TPSA) is 95.7 Å². The van der Waals surface area contributed by atoms with E-state index < -0.39 is 0 Å². The first-order valence-corrected chi connectivity index (χ1v) is 6.92. The second kappa shape index (κ2) is 4.52. The third kappa shape index (κ3) is 1.75. The van der Waals surface area contributed by atoms with Gasteiger partial charge in [0.05, 0.1) is 17.4 Å². The zero-order valence-electron chi connectivity index (χ0n) is 12.2. The Morgan fingerprint density at radius 2 is 2.14 bits per heavy atom. The number of aromatic nitrogens is 5. The molecule has 7 nitrogen and oxygen atoms in total. The number of nitrogens with zero attached hydrogens (tertiary/aromatic N) is 5. The summed E-state index contributed by atoms with van der Waals surface area (Å²) in [4.78, 5) is 4.41. The van der Waals surface area contributed by atoms with Gasteiger partial charge >= 0.3 is 0 Å². The number of benzene rings is 1. The van der Waals surface area contributed by atoms with Crippen LogP contribution < -0.4 is 5.73 Å². The first kappa shape index (κ1) is 12.8. The van der Waals surface area contributed by atoms with Crippen LogP contribution in [0.3, 0.4) is 0 Å². The molecule has 3 aromatic heterocycles. The number of pyridine rings is 1. The highest BCUT2D eigenvalue weighted by molar-refractivity contribution is 5.87. The number of aryl methyl sites for hydroxylation is 2. The summed E-state index contributed by atoms with van der Waals surface area (Å²) >= 11 is 0. The van der Waals surface area contributed by atoms with Gasteiger partial charge in [0, 0.05) is 30.1 Å². The maximum Gasteiger partial charge on any atom is 0.226 e. The molecule has 110 valence electrons.